The summed E-state index contributed by atoms with van der Waals surface area (Å²) >= 11 is 0. The third-order valence-corrected chi connectivity index (χ3v) is 4.18. The fourth-order valence-electron chi connectivity index (χ4n) is 2.85. The molecular formula is C21H30O2. The van der Waals surface area contributed by atoms with Crippen molar-refractivity contribution in [3.63, 3.8) is 0 Å². The molecule has 1 rings (SSSR count). The summed E-state index contributed by atoms with van der Waals surface area (Å²) in [6.45, 7) is 12.3. The van der Waals surface area contributed by atoms with Gasteiger partial charge in [-0.3, -0.25) is 4.79 Å². The highest BCUT2D eigenvalue weighted by Crippen LogP contribution is 2.40. The van der Waals surface area contributed by atoms with Crippen molar-refractivity contribution in [1.82, 2.24) is 0 Å². The van der Waals surface area contributed by atoms with Crippen molar-refractivity contribution in [3.05, 3.63) is 58.9 Å². The number of carbonyl (C=O) groups is 1. The van der Waals surface area contributed by atoms with Gasteiger partial charge in [0.2, 0.25) is 0 Å². The summed E-state index contributed by atoms with van der Waals surface area (Å²) < 4.78 is 4.83. The Morgan fingerprint density at radius 2 is 1.83 bits per heavy atom. The van der Waals surface area contributed by atoms with Gasteiger partial charge in [-0.05, 0) is 56.6 Å². The van der Waals surface area contributed by atoms with Crippen molar-refractivity contribution in [2.75, 3.05) is 0 Å². The SMILES string of the molecule is CC(=O)O/C=C(C)/C=C/C=C(C)/C=C/C1=C(C)CCCC1(C)C. The molecule has 0 aliphatic heterocycles. The Morgan fingerprint density at radius 3 is 2.43 bits per heavy atom. The minimum atomic E-state index is -0.300. The van der Waals surface area contributed by atoms with E-state index in [0.29, 0.717) is 0 Å². The molecule has 1 aliphatic rings. The van der Waals surface area contributed by atoms with Gasteiger partial charge in [0.25, 0.3) is 0 Å². The lowest BCUT2D eigenvalue weighted by Gasteiger charge is -2.32. The molecule has 0 spiro atoms. The molecule has 0 bridgehead atoms. The number of allylic oxidation sites excluding steroid dienone is 9. The van der Waals surface area contributed by atoms with Crippen LogP contribution in [0.2, 0.25) is 0 Å². The van der Waals surface area contributed by atoms with E-state index in [1.807, 2.05) is 19.1 Å². The van der Waals surface area contributed by atoms with Crippen LogP contribution in [-0.4, -0.2) is 5.97 Å². The van der Waals surface area contributed by atoms with Gasteiger partial charge < -0.3 is 4.74 Å². The van der Waals surface area contributed by atoms with Crippen molar-refractivity contribution in [2.45, 2.75) is 60.8 Å². The normalized spacial score (nSPS) is 19.7. The average Bonchev–Trinajstić information content (AvgIpc) is 2.44. The first kappa shape index (κ1) is 19.2. The minimum Gasteiger partial charge on any atom is -0.434 e. The lowest BCUT2D eigenvalue weighted by atomic mass is 9.72. The Morgan fingerprint density at radius 1 is 1.13 bits per heavy atom. The molecule has 0 aromatic heterocycles. The van der Waals surface area contributed by atoms with E-state index >= 15 is 0 Å². The van der Waals surface area contributed by atoms with Gasteiger partial charge in [-0.15, -0.1) is 0 Å². The minimum absolute atomic E-state index is 0.276. The third-order valence-electron chi connectivity index (χ3n) is 4.18. The summed E-state index contributed by atoms with van der Waals surface area (Å²) in [4.78, 5) is 10.7. The van der Waals surface area contributed by atoms with Crippen molar-refractivity contribution in [2.24, 2.45) is 5.41 Å². The highest BCUT2D eigenvalue weighted by molar-refractivity contribution is 5.66. The van der Waals surface area contributed by atoms with Crippen molar-refractivity contribution >= 4 is 5.97 Å². The molecule has 23 heavy (non-hydrogen) atoms. The Labute approximate surface area is 141 Å². The van der Waals surface area contributed by atoms with Gasteiger partial charge in [0.05, 0.1) is 6.26 Å². The standard InChI is InChI=1S/C21H30O2/c1-16(9-7-10-17(2)15-23-19(4)22)12-13-20-18(3)11-8-14-21(20,5)6/h7,9-10,12-13,15H,8,11,14H2,1-6H3/b10-7+,13-12+,16-9+,17-15+. The fourth-order valence-corrected chi connectivity index (χ4v) is 2.85. The zero-order valence-electron chi connectivity index (χ0n) is 15.4. The lowest BCUT2D eigenvalue weighted by molar-refractivity contribution is -0.135. The number of rotatable bonds is 5. The molecule has 126 valence electrons. The molecule has 2 heteroatoms. The summed E-state index contributed by atoms with van der Waals surface area (Å²) in [6, 6.07) is 0. The van der Waals surface area contributed by atoms with Gasteiger partial charge in [-0.2, -0.15) is 0 Å². The second-order valence-electron chi connectivity index (χ2n) is 7.01. The van der Waals surface area contributed by atoms with Crippen molar-refractivity contribution in [1.29, 1.82) is 0 Å². The first-order chi connectivity index (χ1) is 10.7. The van der Waals surface area contributed by atoms with Crippen LogP contribution >= 0.6 is 0 Å². The Bertz CT molecular complexity index is 581. The smallest absolute Gasteiger partial charge is 0.307 e. The zero-order valence-corrected chi connectivity index (χ0v) is 15.4. The maximum absolute atomic E-state index is 10.7. The van der Waals surface area contributed by atoms with Gasteiger partial charge >= 0.3 is 5.97 Å². The van der Waals surface area contributed by atoms with E-state index in [-0.39, 0.29) is 11.4 Å². The van der Waals surface area contributed by atoms with Gasteiger partial charge in [-0.1, -0.05) is 55.4 Å². The second kappa shape index (κ2) is 8.71. The van der Waals surface area contributed by atoms with E-state index in [1.165, 1.54) is 49.2 Å². The molecule has 0 N–H and O–H groups in total. The quantitative estimate of drug-likeness (QED) is 0.351. The van der Waals surface area contributed by atoms with Crippen LogP contribution in [0.3, 0.4) is 0 Å². The molecule has 0 saturated carbocycles. The summed E-state index contributed by atoms with van der Waals surface area (Å²) in [6.07, 6.45) is 15.7. The molecule has 0 amide bonds. The first-order valence-electron chi connectivity index (χ1n) is 8.29. The molecule has 0 atom stereocenters. The molecule has 2 nitrogen and oxygen atoms in total. The molecule has 0 fully saturated rings. The lowest BCUT2D eigenvalue weighted by Crippen LogP contribution is -2.19. The van der Waals surface area contributed by atoms with Crippen molar-refractivity contribution < 1.29 is 9.53 Å². The Kier molecular flexibility index (Phi) is 7.28. The predicted octanol–water partition coefficient (Wildman–Crippen LogP) is 6.04. The van der Waals surface area contributed by atoms with Gasteiger partial charge in [0.15, 0.2) is 0 Å². The topological polar surface area (TPSA) is 26.3 Å². The predicted molar refractivity (Wildman–Crippen MR) is 97.9 cm³/mol. The van der Waals surface area contributed by atoms with E-state index in [4.69, 9.17) is 4.74 Å². The van der Waals surface area contributed by atoms with Crippen LogP contribution in [0.25, 0.3) is 0 Å². The highest BCUT2D eigenvalue weighted by atomic mass is 16.5. The van der Waals surface area contributed by atoms with E-state index in [9.17, 15) is 4.79 Å². The summed E-state index contributed by atoms with van der Waals surface area (Å²) in [5.74, 6) is -0.300. The van der Waals surface area contributed by atoms with Crippen LogP contribution in [0.1, 0.15) is 60.8 Å². The maximum atomic E-state index is 10.7. The van der Waals surface area contributed by atoms with Gasteiger partial charge in [0.1, 0.15) is 0 Å². The maximum Gasteiger partial charge on any atom is 0.307 e. The number of esters is 1. The number of ether oxygens (including phenoxy) is 1. The van der Waals surface area contributed by atoms with Crippen molar-refractivity contribution in [3.8, 4) is 0 Å². The Balaban J connectivity index is 2.73. The van der Waals surface area contributed by atoms with Crippen LogP contribution in [0.4, 0.5) is 0 Å². The largest absolute Gasteiger partial charge is 0.434 e. The second-order valence-corrected chi connectivity index (χ2v) is 7.01. The average molecular weight is 314 g/mol. The molecular weight excluding hydrogens is 284 g/mol. The van der Waals surface area contributed by atoms with E-state index < -0.39 is 0 Å². The zero-order chi connectivity index (χ0) is 17.5. The molecule has 0 saturated heterocycles. The number of hydrogen-bond acceptors (Lipinski definition) is 2. The molecule has 0 aromatic rings. The first-order valence-corrected chi connectivity index (χ1v) is 8.29. The molecule has 0 heterocycles. The molecule has 0 aromatic carbocycles. The van der Waals surface area contributed by atoms with Crippen LogP contribution in [-0.2, 0) is 9.53 Å². The van der Waals surface area contributed by atoms with Crippen LogP contribution < -0.4 is 0 Å². The number of carbonyl (C=O) groups excluding carboxylic acids is 1. The van der Waals surface area contributed by atoms with Crippen LogP contribution in [0.5, 0.6) is 0 Å². The number of hydrogen-bond donors (Lipinski definition) is 0. The fraction of sp³-hybridized carbons (Fsp3) is 0.476. The van der Waals surface area contributed by atoms with Gasteiger partial charge in [0, 0.05) is 6.92 Å². The van der Waals surface area contributed by atoms with Crippen LogP contribution in [0.15, 0.2) is 58.9 Å². The van der Waals surface area contributed by atoms with E-state index in [1.54, 1.807) is 0 Å². The third kappa shape index (κ3) is 6.85. The van der Waals surface area contributed by atoms with E-state index in [0.717, 1.165) is 5.57 Å². The summed E-state index contributed by atoms with van der Waals surface area (Å²) in [7, 11) is 0. The van der Waals surface area contributed by atoms with Crippen LogP contribution in [0, 0.1) is 5.41 Å². The Hall–Kier alpha value is -1.83. The van der Waals surface area contributed by atoms with E-state index in [2.05, 4.69) is 45.9 Å². The molecule has 0 radical (unpaired) electrons. The summed E-state index contributed by atoms with van der Waals surface area (Å²) in [5.41, 5.74) is 5.37. The highest BCUT2D eigenvalue weighted by Gasteiger charge is 2.26. The summed E-state index contributed by atoms with van der Waals surface area (Å²) in [5, 5.41) is 0. The monoisotopic (exact) mass is 314 g/mol. The molecule has 1 aliphatic carbocycles. The molecule has 0 unspecified atom stereocenters. The van der Waals surface area contributed by atoms with Gasteiger partial charge in [-0.25, -0.2) is 0 Å².